The van der Waals surface area contributed by atoms with Gasteiger partial charge in [0.05, 0.1) is 13.1 Å². The van der Waals surface area contributed by atoms with Crippen molar-refractivity contribution in [3.05, 3.63) is 29.3 Å². The molecule has 0 unspecified atom stereocenters. The van der Waals surface area contributed by atoms with Crippen molar-refractivity contribution in [2.24, 2.45) is 4.99 Å². The van der Waals surface area contributed by atoms with Gasteiger partial charge in [0.15, 0.2) is 5.96 Å². The molecule has 1 amide bonds. The number of hydrogen-bond acceptors (Lipinski definition) is 3. The molecule has 0 spiro atoms. The molecule has 0 fully saturated rings. The lowest BCUT2D eigenvalue weighted by Gasteiger charge is -2.15. The summed E-state index contributed by atoms with van der Waals surface area (Å²) in [6.07, 6.45) is 1.97. The molecule has 27 heavy (non-hydrogen) atoms. The molecule has 6 nitrogen and oxygen atoms in total. The summed E-state index contributed by atoms with van der Waals surface area (Å²) in [6.45, 7) is 2.00. The van der Waals surface area contributed by atoms with Crippen LogP contribution in [0.2, 0.25) is 0 Å². The number of alkyl halides is 2. The van der Waals surface area contributed by atoms with Gasteiger partial charge >= 0.3 is 6.61 Å². The fourth-order valence-electron chi connectivity index (χ4n) is 2.08. The van der Waals surface area contributed by atoms with E-state index in [4.69, 9.17) is 0 Å². The van der Waals surface area contributed by atoms with Gasteiger partial charge in [-0.25, -0.2) is 4.99 Å². The molecular weight excluding hydrogens is 469 g/mol. The van der Waals surface area contributed by atoms with Crippen LogP contribution in [0.15, 0.2) is 23.2 Å². The smallest absolute Gasteiger partial charge is 0.387 e. The molecule has 0 aliphatic rings. The van der Waals surface area contributed by atoms with Gasteiger partial charge in [-0.3, -0.25) is 4.79 Å². The number of carbonyl (C=O) groups is 1. The zero-order valence-electron chi connectivity index (χ0n) is 16.2. The number of ether oxygens (including phenoxy) is 1. The molecule has 0 aliphatic carbocycles. The van der Waals surface area contributed by atoms with Gasteiger partial charge in [0.2, 0.25) is 5.91 Å². The molecule has 2 N–H and O–H groups in total. The molecule has 0 atom stereocenters. The minimum absolute atomic E-state index is 0. The maximum Gasteiger partial charge on any atom is 0.387 e. The Morgan fingerprint density at radius 3 is 2.59 bits per heavy atom. The van der Waals surface area contributed by atoms with Crippen molar-refractivity contribution in [1.29, 1.82) is 0 Å². The number of nitrogens with zero attached hydrogens (tertiary/aromatic N) is 2. The number of aryl methyl sites for hydroxylation is 1. The number of hydrogen-bond donors (Lipinski definition) is 2. The molecule has 0 aliphatic heterocycles. The van der Waals surface area contributed by atoms with Crippen molar-refractivity contribution >= 4 is 35.8 Å². The van der Waals surface area contributed by atoms with Crippen LogP contribution in [-0.2, 0) is 11.3 Å². The second-order valence-electron chi connectivity index (χ2n) is 6.08. The van der Waals surface area contributed by atoms with Gasteiger partial charge in [-0.2, -0.15) is 8.78 Å². The van der Waals surface area contributed by atoms with Crippen LogP contribution in [0.25, 0.3) is 0 Å². The second-order valence-corrected chi connectivity index (χ2v) is 6.08. The summed E-state index contributed by atoms with van der Waals surface area (Å²) < 4.78 is 29.7. The number of aliphatic imine (C=N–C) groups is 1. The van der Waals surface area contributed by atoms with Gasteiger partial charge in [0, 0.05) is 26.2 Å². The Balaban J connectivity index is 0.00000676. The molecule has 0 bridgehead atoms. The summed E-state index contributed by atoms with van der Waals surface area (Å²) in [5, 5.41) is 6.10. The summed E-state index contributed by atoms with van der Waals surface area (Å²) in [7, 11) is 3.35. The monoisotopic (exact) mass is 498 g/mol. The van der Waals surface area contributed by atoms with E-state index in [9.17, 15) is 13.6 Å². The highest BCUT2D eigenvalue weighted by Crippen LogP contribution is 2.22. The molecular formula is C18H29F2IN4O2. The number of halogens is 3. The lowest BCUT2D eigenvalue weighted by atomic mass is 10.1. The molecule has 0 heterocycles. The van der Waals surface area contributed by atoms with Crippen molar-refractivity contribution in [2.75, 3.05) is 27.2 Å². The van der Waals surface area contributed by atoms with E-state index in [0.29, 0.717) is 18.1 Å². The summed E-state index contributed by atoms with van der Waals surface area (Å²) in [6, 6.07) is 4.98. The standard InChI is InChI=1S/C18H28F2N4O2.HI/c1-5-6-9-21-18(23-12-16(25)24(3)4)22-11-14-10-13(2)7-8-15(14)26-17(19)20;/h7-8,10,17H,5-6,9,11-12H2,1-4H3,(H2,21,22,23);1H. The molecule has 1 aromatic carbocycles. The third-order valence-corrected chi connectivity index (χ3v) is 3.57. The van der Waals surface area contributed by atoms with E-state index < -0.39 is 6.61 Å². The van der Waals surface area contributed by atoms with Crippen LogP contribution >= 0.6 is 24.0 Å². The molecule has 1 aromatic rings. The van der Waals surface area contributed by atoms with Gasteiger partial charge in [-0.15, -0.1) is 24.0 Å². The number of carbonyl (C=O) groups excluding carboxylic acids is 1. The zero-order valence-corrected chi connectivity index (χ0v) is 18.6. The lowest BCUT2D eigenvalue weighted by molar-refractivity contribution is -0.127. The van der Waals surface area contributed by atoms with Crippen molar-refractivity contribution < 1.29 is 18.3 Å². The molecule has 0 radical (unpaired) electrons. The van der Waals surface area contributed by atoms with E-state index in [2.05, 4.69) is 27.3 Å². The largest absolute Gasteiger partial charge is 0.434 e. The van der Waals surface area contributed by atoms with E-state index in [1.165, 1.54) is 11.0 Å². The quantitative estimate of drug-likeness (QED) is 0.238. The minimum Gasteiger partial charge on any atom is -0.434 e. The van der Waals surface area contributed by atoms with Crippen molar-refractivity contribution in [3.63, 3.8) is 0 Å². The Morgan fingerprint density at radius 1 is 1.30 bits per heavy atom. The van der Waals surface area contributed by atoms with E-state index in [-0.39, 0.29) is 48.7 Å². The highest BCUT2D eigenvalue weighted by molar-refractivity contribution is 14.0. The van der Waals surface area contributed by atoms with Gasteiger partial charge in [-0.05, 0) is 19.4 Å². The van der Waals surface area contributed by atoms with Crippen LogP contribution in [-0.4, -0.2) is 50.6 Å². The van der Waals surface area contributed by atoms with E-state index >= 15 is 0 Å². The fourth-order valence-corrected chi connectivity index (χ4v) is 2.08. The number of unbranched alkanes of at least 4 members (excludes halogenated alkanes) is 1. The zero-order chi connectivity index (χ0) is 19.5. The number of likely N-dealkylation sites (N-methyl/N-ethyl adjacent to an activating group) is 1. The summed E-state index contributed by atoms with van der Waals surface area (Å²) in [5.74, 6) is 0.469. The molecule has 9 heteroatoms. The van der Waals surface area contributed by atoms with E-state index in [1.807, 2.05) is 6.92 Å². The highest BCUT2D eigenvalue weighted by atomic mass is 127. The number of nitrogens with one attached hydrogen (secondary N) is 2. The number of rotatable bonds is 9. The summed E-state index contributed by atoms with van der Waals surface area (Å²) >= 11 is 0. The Morgan fingerprint density at radius 2 is 2.00 bits per heavy atom. The first-order valence-electron chi connectivity index (χ1n) is 8.60. The maximum atomic E-state index is 12.6. The van der Waals surface area contributed by atoms with Crippen molar-refractivity contribution in [3.8, 4) is 5.75 Å². The lowest BCUT2D eigenvalue weighted by Crippen LogP contribution is -2.43. The molecule has 0 saturated carbocycles. The van der Waals surface area contributed by atoms with Gasteiger partial charge in [-0.1, -0.05) is 31.0 Å². The van der Waals surface area contributed by atoms with Crippen molar-refractivity contribution in [2.45, 2.75) is 39.8 Å². The molecule has 154 valence electrons. The number of benzene rings is 1. The van der Waals surface area contributed by atoms with E-state index in [1.54, 1.807) is 26.2 Å². The Labute approximate surface area is 176 Å². The maximum absolute atomic E-state index is 12.6. The van der Waals surface area contributed by atoms with Gasteiger partial charge < -0.3 is 20.3 Å². The Hall–Kier alpha value is -1.65. The summed E-state index contributed by atoms with van der Waals surface area (Å²) in [4.78, 5) is 17.6. The normalized spacial score (nSPS) is 11.0. The average molecular weight is 498 g/mol. The minimum atomic E-state index is -2.89. The van der Waals surface area contributed by atoms with Crippen LogP contribution in [0.5, 0.6) is 5.75 Å². The van der Waals surface area contributed by atoms with Crippen molar-refractivity contribution in [1.82, 2.24) is 15.5 Å². The van der Waals surface area contributed by atoms with Crippen LogP contribution in [0.1, 0.15) is 30.9 Å². The third-order valence-electron chi connectivity index (χ3n) is 3.57. The van der Waals surface area contributed by atoms with Crippen LogP contribution in [0.3, 0.4) is 0 Å². The number of guanidine groups is 1. The Bertz CT molecular complexity index is 613. The fraction of sp³-hybridized carbons (Fsp3) is 0.556. The predicted octanol–water partition coefficient (Wildman–Crippen LogP) is 3.14. The SMILES string of the molecule is CCCCNC(=NCc1cc(C)ccc1OC(F)F)NCC(=O)N(C)C.I. The highest BCUT2D eigenvalue weighted by Gasteiger charge is 2.11. The predicted molar refractivity (Wildman–Crippen MR) is 114 cm³/mol. The Kier molecular flexibility index (Phi) is 12.7. The third kappa shape index (κ3) is 10.3. The first-order chi connectivity index (χ1) is 12.3. The van der Waals surface area contributed by atoms with E-state index in [0.717, 1.165) is 18.4 Å². The first kappa shape index (κ1) is 25.4. The first-order valence-corrected chi connectivity index (χ1v) is 8.60. The topological polar surface area (TPSA) is 66.0 Å². The van der Waals surface area contributed by atoms with Crippen LogP contribution in [0.4, 0.5) is 8.78 Å². The summed E-state index contributed by atoms with van der Waals surface area (Å²) in [5.41, 5.74) is 1.48. The number of amides is 1. The van der Waals surface area contributed by atoms with Crippen LogP contribution < -0.4 is 15.4 Å². The van der Waals surface area contributed by atoms with Gasteiger partial charge in [0.25, 0.3) is 0 Å². The average Bonchev–Trinajstić information content (AvgIpc) is 2.58. The second kappa shape index (κ2) is 13.5. The molecule has 1 rings (SSSR count). The molecule has 0 saturated heterocycles. The van der Waals surface area contributed by atoms with Crippen LogP contribution in [0, 0.1) is 6.92 Å². The van der Waals surface area contributed by atoms with Gasteiger partial charge in [0.1, 0.15) is 5.75 Å². The molecule has 0 aromatic heterocycles.